The number of carbonyl (C=O) groups is 2. The van der Waals surface area contributed by atoms with Crippen molar-refractivity contribution in [1.82, 2.24) is 9.88 Å². The van der Waals surface area contributed by atoms with E-state index in [9.17, 15) is 9.59 Å². The normalized spacial score (nSPS) is 16.2. The van der Waals surface area contributed by atoms with Crippen LogP contribution >= 0.6 is 0 Å². The largest absolute Gasteiger partial charge is 0.350 e. The van der Waals surface area contributed by atoms with Gasteiger partial charge in [0.15, 0.2) is 0 Å². The van der Waals surface area contributed by atoms with E-state index in [4.69, 9.17) is 0 Å². The van der Waals surface area contributed by atoms with E-state index in [0.29, 0.717) is 5.69 Å². The summed E-state index contributed by atoms with van der Waals surface area (Å²) in [4.78, 5) is 26.0. The number of carbonyl (C=O) groups excluding carboxylic acids is 2. The summed E-state index contributed by atoms with van der Waals surface area (Å²) in [6, 6.07) is 16.4. The Morgan fingerprint density at radius 3 is 2.46 bits per heavy atom. The van der Waals surface area contributed by atoms with E-state index in [0.717, 1.165) is 21.4 Å². The van der Waals surface area contributed by atoms with Crippen molar-refractivity contribution < 1.29 is 9.59 Å². The van der Waals surface area contributed by atoms with Gasteiger partial charge >= 0.3 is 6.03 Å². The van der Waals surface area contributed by atoms with Gasteiger partial charge in [-0.15, -0.1) is 0 Å². The lowest BCUT2D eigenvalue weighted by molar-refractivity contribution is -0.113. The molecule has 0 aliphatic carbocycles. The number of hydrogen-bond acceptors (Lipinski definition) is 2. The first-order valence-electron chi connectivity index (χ1n) is 7.61. The van der Waals surface area contributed by atoms with Crippen LogP contribution in [0.4, 0.5) is 10.5 Å². The summed E-state index contributed by atoms with van der Waals surface area (Å²) in [5.41, 5.74) is 2.80. The Morgan fingerprint density at radius 1 is 0.958 bits per heavy atom. The minimum absolute atomic E-state index is 0.278. The fourth-order valence-electron chi connectivity index (χ4n) is 2.99. The van der Waals surface area contributed by atoms with E-state index in [1.807, 2.05) is 48.1 Å². The summed E-state index contributed by atoms with van der Waals surface area (Å²) in [5.74, 6) is -0.348. The van der Waals surface area contributed by atoms with Crippen molar-refractivity contribution in [3.63, 3.8) is 0 Å². The van der Waals surface area contributed by atoms with Crippen LogP contribution in [-0.2, 0) is 11.8 Å². The molecule has 2 aromatic carbocycles. The third kappa shape index (κ3) is 2.18. The minimum atomic E-state index is -0.433. The number of amides is 3. The smallest absolute Gasteiger partial charge is 0.333 e. The second kappa shape index (κ2) is 5.38. The SMILES string of the molecule is Cn1cc(/C=C2/NC(=O)N(c3ccccc3)C2=O)c2ccccc21. The molecule has 1 N–H and O–H groups in total. The highest BCUT2D eigenvalue weighted by molar-refractivity contribution is 6.28. The number of nitrogens with one attached hydrogen (secondary N) is 1. The van der Waals surface area contributed by atoms with Crippen LogP contribution in [0.25, 0.3) is 17.0 Å². The maximum atomic E-state index is 12.6. The standard InChI is InChI=1S/C19H15N3O2/c1-21-12-13(15-9-5-6-10-17(15)21)11-16-18(23)22(19(24)20-16)14-7-3-2-4-8-14/h2-12H,1H3,(H,20,24)/b16-11+. The highest BCUT2D eigenvalue weighted by Crippen LogP contribution is 2.25. The zero-order valence-corrected chi connectivity index (χ0v) is 13.1. The highest BCUT2D eigenvalue weighted by atomic mass is 16.2. The molecular weight excluding hydrogens is 302 g/mol. The number of hydrogen-bond donors (Lipinski definition) is 1. The van der Waals surface area contributed by atoms with Crippen molar-refractivity contribution in [1.29, 1.82) is 0 Å². The molecule has 5 heteroatoms. The molecule has 0 bridgehead atoms. The van der Waals surface area contributed by atoms with Crippen molar-refractivity contribution in [3.05, 3.63) is 72.1 Å². The van der Waals surface area contributed by atoms with Crippen molar-refractivity contribution in [2.45, 2.75) is 0 Å². The summed E-state index contributed by atoms with van der Waals surface area (Å²) >= 11 is 0. The average Bonchev–Trinajstić information content (AvgIpc) is 3.06. The maximum Gasteiger partial charge on any atom is 0.333 e. The highest BCUT2D eigenvalue weighted by Gasteiger charge is 2.34. The number of nitrogens with zero attached hydrogens (tertiary/aromatic N) is 2. The number of imide groups is 1. The fourth-order valence-corrected chi connectivity index (χ4v) is 2.99. The molecule has 0 spiro atoms. The molecule has 0 unspecified atom stereocenters. The quantitative estimate of drug-likeness (QED) is 0.582. The Balaban J connectivity index is 1.76. The summed E-state index contributed by atoms with van der Waals surface area (Å²) in [6.07, 6.45) is 3.67. The molecule has 3 amide bonds. The van der Waals surface area contributed by atoms with Crippen LogP contribution < -0.4 is 10.2 Å². The van der Waals surface area contributed by atoms with Gasteiger partial charge in [-0.1, -0.05) is 36.4 Å². The van der Waals surface area contributed by atoms with Crippen LogP contribution in [0.1, 0.15) is 5.56 Å². The fraction of sp³-hybridized carbons (Fsp3) is 0.0526. The van der Waals surface area contributed by atoms with Crippen molar-refractivity contribution in [2.75, 3.05) is 4.90 Å². The predicted octanol–water partition coefficient (Wildman–Crippen LogP) is 3.28. The minimum Gasteiger partial charge on any atom is -0.350 e. The molecule has 2 heterocycles. The van der Waals surface area contributed by atoms with Gasteiger partial charge in [-0.3, -0.25) is 4.79 Å². The van der Waals surface area contributed by atoms with Gasteiger partial charge in [-0.25, -0.2) is 9.69 Å². The number of aromatic nitrogens is 1. The van der Waals surface area contributed by atoms with Gasteiger partial charge in [0.1, 0.15) is 5.70 Å². The lowest BCUT2D eigenvalue weighted by atomic mass is 10.1. The van der Waals surface area contributed by atoms with E-state index >= 15 is 0 Å². The Kier molecular flexibility index (Phi) is 3.20. The van der Waals surface area contributed by atoms with E-state index in [1.54, 1.807) is 30.3 Å². The number of urea groups is 1. The third-order valence-electron chi connectivity index (χ3n) is 4.12. The molecule has 1 saturated heterocycles. The molecule has 1 fully saturated rings. The molecule has 1 aliphatic heterocycles. The molecule has 1 aliphatic rings. The summed E-state index contributed by atoms with van der Waals surface area (Å²) in [5, 5.41) is 3.70. The van der Waals surface area contributed by atoms with Crippen molar-refractivity contribution >= 4 is 34.6 Å². The Morgan fingerprint density at radius 2 is 1.67 bits per heavy atom. The van der Waals surface area contributed by atoms with Crippen molar-refractivity contribution in [3.8, 4) is 0 Å². The Hall–Kier alpha value is -3.34. The van der Waals surface area contributed by atoms with Crippen LogP contribution in [0.3, 0.4) is 0 Å². The van der Waals surface area contributed by atoms with Crippen LogP contribution in [0.15, 0.2) is 66.5 Å². The first kappa shape index (κ1) is 14.3. The van der Waals surface area contributed by atoms with Gasteiger partial charge in [0, 0.05) is 29.7 Å². The van der Waals surface area contributed by atoms with Gasteiger partial charge in [-0.05, 0) is 24.3 Å². The number of benzene rings is 2. The van der Waals surface area contributed by atoms with Crippen molar-refractivity contribution in [2.24, 2.45) is 7.05 Å². The maximum absolute atomic E-state index is 12.6. The van der Waals surface area contributed by atoms with E-state index < -0.39 is 6.03 Å². The second-order valence-electron chi connectivity index (χ2n) is 5.68. The van der Waals surface area contributed by atoms with Crippen LogP contribution in [0.5, 0.6) is 0 Å². The lowest BCUT2D eigenvalue weighted by Crippen LogP contribution is -2.30. The monoisotopic (exact) mass is 317 g/mol. The molecule has 118 valence electrons. The zero-order chi connectivity index (χ0) is 16.7. The number of aryl methyl sites for hydroxylation is 1. The van der Waals surface area contributed by atoms with E-state index in [2.05, 4.69) is 5.32 Å². The van der Waals surface area contributed by atoms with Gasteiger partial charge in [0.25, 0.3) is 5.91 Å². The predicted molar refractivity (Wildman–Crippen MR) is 93.4 cm³/mol. The summed E-state index contributed by atoms with van der Waals surface area (Å²) < 4.78 is 2.00. The van der Waals surface area contributed by atoms with Gasteiger partial charge in [0.2, 0.25) is 0 Å². The number of anilines is 1. The first-order chi connectivity index (χ1) is 11.6. The Labute approximate surface area is 138 Å². The average molecular weight is 317 g/mol. The topological polar surface area (TPSA) is 54.3 Å². The van der Waals surface area contributed by atoms with E-state index in [1.165, 1.54) is 0 Å². The van der Waals surface area contributed by atoms with Crippen LogP contribution in [-0.4, -0.2) is 16.5 Å². The van der Waals surface area contributed by atoms with Crippen LogP contribution in [0, 0.1) is 0 Å². The summed E-state index contributed by atoms with van der Waals surface area (Å²) in [7, 11) is 1.95. The zero-order valence-electron chi connectivity index (χ0n) is 13.1. The molecule has 5 nitrogen and oxygen atoms in total. The van der Waals surface area contributed by atoms with Gasteiger partial charge < -0.3 is 9.88 Å². The summed E-state index contributed by atoms with van der Waals surface area (Å²) in [6.45, 7) is 0. The second-order valence-corrected chi connectivity index (χ2v) is 5.68. The molecular formula is C19H15N3O2. The third-order valence-corrected chi connectivity index (χ3v) is 4.12. The molecule has 1 aromatic heterocycles. The number of rotatable bonds is 2. The van der Waals surface area contributed by atoms with Gasteiger partial charge in [-0.2, -0.15) is 0 Å². The molecule has 0 atom stereocenters. The van der Waals surface area contributed by atoms with E-state index in [-0.39, 0.29) is 11.6 Å². The number of fused-ring (bicyclic) bond motifs is 1. The molecule has 24 heavy (non-hydrogen) atoms. The first-order valence-corrected chi connectivity index (χ1v) is 7.61. The molecule has 4 rings (SSSR count). The Bertz CT molecular complexity index is 986. The van der Waals surface area contributed by atoms with Crippen LogP contribution in [0.2, 0.25) is 0 Å². The molecule has 3 aromatic rings. The lowest BCUT2D eigenvalue weighted by Gasteiger charge is -2.10. The number of para-hydroxylation sites is 2. The molecule has 0 radical (unpaired) electrons. The van der Waals surface area contributed by atoms with Gasteiger partial charge in [0.05, 0.1) is 5.69 Å². The molecule has 0 saturated carbocycles.